The molecule has 4 N–H and O–H groups in total. The van der Waals surface area contributed by atoms with E-state index in [1.807, 2.05) is 37.3 Å². The maximum Gasteiger partial charge on any atom is 0.126 e. The highest BCUT2D eigenvalue weighted by molar-refractivity contribution is 5.72. The van der Waals surface area contributed by atoms with Gasteiger partial charge in [0.25, 0.3) is 0 Å². The third kappa shape index (κ3) is 3.14. The van der Waals surface area contributed by atoms with Gasteiger partial charge in [0, 0.05) is 0 Å². The van der Waals surface area contributed by atoms with E-state index in [0.29, 0.717) is 17.0 Å². The number of hydrogen-bond acceptors (Lipinski definition) is 2. The fourth-order valence-electron chi connectivity index (χ4n) is 2.00. The van der Waals surface area contributed by atoms with E-state index in [2.05, 4.69) is 6.58 Å². The second kappa shape index (κ2) is 5.83. The minimum Gasteiger partial charge on any atom is -0.397 e. The number of allylic oxidation sites excluding steroid dienone is 1. The zero-order valence-corrected chi connectivity index (χ0v) is 12.3. The van der Waals surface area contributed by atoms with Crippen LogP contribution in [0.4, 0.5) is 4.39 Å². The molecule has 2 rings (SSSR count). The van der Waals surface area contributed by atoms with Crippen molar-refractivity contribution in [2.45, 2.75) is 13.8 Å². The number of aryl methyl sites for hydroxylation is 1. The van der Waals surface area contributed by atoms with Gasteiger partial charge in [-0.1, -0.05) is 43.0 Å². The molecule has 0 amide bonds. The molecule has 0 saturated heterocycles. The van der Waals surface area contributed by atoms with Crippen LogP contribution in [0, 0.1) is 12.7 Å². The Morgan fingerprint density at radius 1 is 1.00 bits per heavy atom. The summed E-state index contributed by atoms with van der Waals surface area (Å²) >= 11 is 0. The summed E-state index contributed by atoms with van der Waals surface area (Å²) in [6.45, 7) is 7.34. The van der Waals surface area contributed by atoms with Gasteiger partial charge in [0.05, 0.1) is 11.4 Å². The number of nitrogens with two attached hydrogens (primary N) is 2. The molecule has 0 saturated carbocycles. The molecule has 0 unspecified atom stereocenters. The van der Waals surface area contributed by atoms with E-state index in [9.17, 15) is 4.39 Å². The second-order valence-electron chi connectivity index (χ2n) is 5.15. The largest absolute Gasteiger partial charge is 0.397 e. The molecular weight excluding hydrogens is 263 g/mol. The molecule has 0 aromatic heterocycles. The highest BCUT2D eigenvalue weighted by Gasteiger charge is 2.05. The van der Waals surface area contributed by atoms with E-state index in [0.717, 1.165) is 22.3 Å². The van der Waals surface area contributed by atoms with E-state index in [1.165, 1.54) is 6.07 Å². The standard InChI is InChI=1S/C18H19FN2/c1-11(2)17(20)18(21)14-8-6-13(7-9-14)15-5-4-12(3)16(19)10-15/h4-10H,1,20-21H2,2-3H3/b18-17-. The van der Waals surface area contributed by atoms with Gasteiger partial charge in [0.1, 0.15) is 5.82 Å². The number of halogens is 1. The Labute approximate surface area is 124 Å². The van der Waals surface area contributed by atoms with Crippen molar-refractivity contribution >= 4 is 5.70 Å². The molecule has 108 valence electrons. The first-order chi connectivity index (χ1) is 9.90. The Bertz CT molecular complexity index is 712. The molecule has 0 aliphatic rings. The molecular formula is C18H19FN2. The maximum absolute atomic E-state index is 13.6. The van der Waals surface area contributed by atoms with Crippen LogP contribution in [-0.2, 0) is 0 Å². The van der Waals surface area contributed by atoms with Crippen molar-refractivity contribution in [3.8, 4) is 11.1 Å². The van der Waals surface area contributed by atoms with E-state index in [-0.39, 0.29) is 5.82 Å². The van der Waals surface area contributed by atoms with Crippen LogP contribution in [0.1, 0.15) is 18.1 Å². The van der Waals surface area contributed by atoms with Gasteiger partial charge < -0.3 is 11.5 Å². The number of benzene rings is 2. The van der Waals surface area contributed by atoms with Crippen LogP contribution in [0.3, 0.4) is 0 Å². The molecule has 0 bridgehead atoms. The molecule has 2 aromatic carbocycles. The lowest BCUT2D eigenvalue weighted by atomic mass is 10.0. The summed E-state index contributed by atoms with van der Waals surface area (Å²) in [5.74, 6) is -0.206. The van der Waals surface area contributed by atoms with Crippen LogP contribution in [0.25, 0.3) is 16.8 Å². The van der Waals surface area contributed by atoms with Gasteiger partial charge in [-0.2, -0.15) is 0 Å². The summed E-state index contributed by atoms with van der Waals surface area (Å²) in [6.07, 6.45) is 0. The van der Waals surface area contributed by atoms with Gasteiger partial charge in [-0.3, -0.25) is 0 Å². The van der Waals surface area contributed by atoms with Crippen LogP contribution >= 0.6 is 0 Å². The lowest BCUT2D eigenvalue weighted by Gasteiger charge is -2.09. The number of rotatable bonds is 3. The monoisotopic (exact) mass is 282 g/mol. The third-order valence-electron chi connectivity index (χ3n) is 3.45. The molecule has 0 aliphatic carbocycles. The predicted molar refractivity (Wildman–Crippen MR) is 86.7 cm³/mol. The minimum absolute atomic E-state index is 0.206. The maximum atomic E-state index is 13.6. The fourth-order valence-corrected chi connectivity index (χ4v) is 2.00. The molecule has 0 atom stereocenters. The fraction of sp³-hybridized carbons (Fsp3) is 0.111. The summed E-state index contributed by atoms with van der Waals surface area (Å²) in [4.78, 5) is 0. The minimum atomic E-state index is -0.206. The predicted octanol–water partition coefficient (Wildman–Crippen LogP) is 3.96. The van der Waals surface area contributed by atoms with Crippen LogP contribution < -0.4 is 11.5 Å². The Kier molecular flexibility index (Phi) is 4.13. The smallest absolute Gasteiger partial charge is 0.126 e. The van der Waals surface area contributed by atoms with E-state index >= 15 is 0 Å². The summed E-state index contributed by atoms with van der Waals surface area (Å²) < 4.78 is 13.6. The van der Waals surface area contributed by atoms with Crippen LogP contribution in [-0.4, -0.2) is 0 Å². The van der Waals surface area contributed by atoms with E-state index in [4.69, 9.17) is 11.5 Å². The molecule has 3 heteroatoms. The van der Waals surface area contributed by atoms with Gasteiger partial charge in [-0.05, 0) is 47.7 Å². The van der Waals surface area contributed by atoms with Crippen molar-refractivity contribution in [1.82, 2.24) is 0 Å². The Hall–Kier alpha value is -2.55. The molecule has 0 radical (unpaired) electrons. The van der Waals surface area contributed by atoms with Crippen molar-refractivity contribution in [3.63, 3.8) is 0 Å². The first kappa shape index (κ1) is 14.9. The van der Waals surface area contributed by atoms with Crippen LogP contribution in [0.5, 0.6) is 0 Å². The molecule has 0 aliphatic heterocycles. The van der Waals surface area contributed by atoms with E-state index in [1.54, 1.807) is 13.0 Å². The average Bonchev–Trinajstić information content (AvgIpc) is 2.48. The van der Waals surface area contributed by atoms with Gasteiger partial charge in [-0.25, -0.2) is 4.39 Å². The highest BCUT2D eigenvalue weighted by atomic mass is 19.1. The first-order valence-electron chi connectivity index (χ1n) is 6.68. The summed E-state index contributed by atoms with van der Waals surface area (Å²) in [7, 11) is 0. The van der Waals surface area contributed by atoms with Crippen molar-refractivity contribution in [1.29, 1.82) is 0 Å². The highest BCUT2D eigenvalue weighted by Crippen LogP contribution is 2.24. The summed E-state index contributed by atoms with van der Waals surface area (Å²) in [5.41, 5.74) is 16.8. The summed E-state index contributed by atoms with van der Waals surface area (Å²) in [5, 5.41) is 0. The van der Waals surface area contributed by atoms with Gasteiger partial charge >= 0.3 is 0 Å². The Balaban J connectivity index is 2.37. The SMILES string of the molecule is C=C(C)/C(N)=C(/N)c1ccc(-c2ccc(C)c(F)c2)cc1. The zero-order chi connectivity index (χ0) is 15.6. The third-order valence-corrected chi connectivity index (χ3v) is 3.45. The van der Waals surface area contributed by atoms with Crippen molar-refractivity contribution < 1.29 is 4.39 Å². The van der Waals surface area contributed by atoms with Gasteiger partial charge in [0.15, 0.2) is 0 Å². The quantitative estimate of drug-likeness (QED) is 0.837. The summed E-state index contributed by atoms with van der Waals surface area (Å²) in [6, 6.07) is 12.7. The first-order valence-corrected chi connectivity index (χ1v) is 6.68. The lowest BCUT2D eigenvalue weighted by molar-refractivity contribution is 0.619. The van der Waals surface area contributed by atoms with Crippen molar-refractivity contribution in [2.75, 3.05) is 0 Å². The van der Waals surface area contributed by atoms with E-state index < -0.39 is 0 Å². The lowest BCUT2D eigenvalue weighted by Crippen LogP contribution is -2.09. The van der Waals surface area contributed by atoms with Gasteiger partial charge in [0.2, 0.25) is 0 Å². The Morgan fingerprint density at radius 2 is 1.57 bits per heavy atom. The number of hydrogen-bond donors (Lipinski definition) is 2. The van der Waals surface area contributed by atoms with Crippen LogP contribution in [0.2, 0.25) is 0 Å². The van der Waals surface area contributed by atoms with Crippen LogP contribution in [0.15, 0.2) is 60.3 Å². The molecule has 0 spiro atoms. The Morgan fingerprint density at radius 3 is 2.10 bits per heavy atom. The zero-order valence-electron chi connectivity index (χ0n) is 12.3. The molecule has 21 heavy (non-hydrogen) atoms. The molecule has 0 heterocycles. The van der Waals surface area contributed by atoms with Crippen molar-refractivity contribution in [2.24, 2.45) is 11.5 Å². The topological polar surface area (TPSA) is 52.0 Å². The normalized spacial score (nSPS) is 12.0. The molecule has 2 nitrogen and oxygen atoms in total. The molecule has 0 fully saturated rings. The average molecular weight is 282 g/mol. The molecule has 2 aromatic rings. The second-order valence-corrected chi connectivity index (χ2v) is 5.15. The van der Waals surface area contributed by atoms with Crippen molar-refractivity contribution in [3.05, 3.63) is 77.3 Å². The van der Waals surface area contributed by atoms with Gasteiger partial charge in [-0.15, -0.1) is 0 Å².